The van der Waals surface area contributed by atoms with Gasteiger partial charge in [0.25, 0.3) is 0 Å². The van der Waals surface area contributed by atoms with Gasteiger partial charge in [0.1, 0.15) is 11.9 Å². The average molecular weight is 405 g/mol. The number of amides is 1. The first-order valence-electron chi connectivity index (χ1n) is 10.3. The van der Waals surface area contributed by atoms with Crippen LogP contribution in [0.25, 0.3) is 0 Å². The lowest BCUT2D eigenvalue weighted by Crippen LogP contribution is -2.40. The van der Waals surface area contributed by atoms with E-state index < -0.39 is 6.04 Å². The summed E-state index contributed by atoms with van der Waals surface area (Å²) in [7, 11) is 1.65. The highest BCUT2D eigenvalue weighted by atomic mass is 19.1. The highest BCUT2D eigenvalue weighted by Crippen LogP contribution is 2.29. The lowest BCUT2D eigenvalue weighted by atomic mass is 10.0. The number of halogens is 1. The Kier molecular flexibility index (Phi) is 7.23. The molecule has 0 saturated carbocycles. The molecule has 3 aromatic rings. The zero-order valence-corrected chi connectivity index (χ0v) is 17.9. The maximum atomic E-state index is 13.9. The normalized spacial score (nSPS) is 11.7. The Labute approximate surface area is 178 Å². The summed E-state index contributed by atoms with van der Waals surface area (Å²) in [6.07, 6.45) is 1.78. The van der Waals surface area contributed by atoms with Crippen molar-refractivity contribution in [2.24, 2.45) is 0 Å². The van der Waals surface area contributed by atoms with Gasteiger partial charge >= 0.3 is 0 Å². The monoisotopic (exact) mass is 404 g/mol. The number of carbonyl (C=O) groups is 1. The van der Waals surface area contributed by atoms with Gasteiger partial charge in [-0.3, -0.25) is 4.79 Å². The molecule has 1 unspecified atom stereocenters. The third kappa shape index (κ3) is 5.26. The highest BCUT2D eigenvalue weighted by molar-refractivity contribution is 5.86. The van der Waals surface area contributed by atoms with Gasteiger partial charge in [-0.2, -0.15) is 0 Å². The Morgan fingerprint density at radius 3 is 2.33 bits per heavy atom. The smallest absolute Gasteiger partial charge is 0.247 e. The van der Waals surface area contributed by atoms with Crippen molar-refractivity contribution in [3.8, 4) is 0 Å². The molecule has 1 atom stereocenters. The first-order valence-corrected chi connectivity index (χ1v) is 10.3. The zero-order chi connectivity index (χ0) is 21.5. The number of likely N-dealkylation sites (N-methyl/N-ethyl adjacent to an activating group) is 1. The molecular formula is C26H29FN2O. The molecule has 30 heavy (non-hydrogen) atoms. The molecule has 0 aliphatic carbocycles. The summed E-state index contributed by atoms with van der Waals surface area (Å²) in [6, 6.07) is 22.8. The van der Waals surface area contributed by atoms with Crippen molar-refractivity contribution in [1.29, 1.82) is 0 Å². The minimum Gasteiger partial charge on any atom is -0.357 e. The summed E-state index contributed by atoms with van der Waals surface area (Å²) in [5.74, 6) is -0.326. The summed E-state index contributed by atoms with van der Waals surface area (Å²) in [6.45, 7) is 4.50. The van der Waals surface area contributed by atoms with Crippen LogP contribution in [0.5, 0.6) is 0 Å². The van der Waals surface area contributed by atoms with Gasteiger partial charge in [-0.15, -0.1) is 0 Å². The lowest BCUT2D eigenvalue weighted by molar-refractivity contribution is -0.122. The fourth-order valence-corrected chi connectivity index (χ4v) is 3.67. The molecule has 0 aliphatic rings. The number of hydrogen-bond acceptors (Lipinski definition) is 2. The van der Waals surface area contributed by atoms with Gasteiger partial charge in [-0.05, 0) is 61.6 Å². The molecule has 1 amide bonds. The van der Waals surface area contributed by atoms with E-state index in [1.165, 1.54) is 17.2 Å². The zero-order valence-electron chi connectivity index (χ0n) is 17.9. The van der Waals surface area contributed by atoms with Crippen molar-refractivity contribution >= 4 is 11.6 Å². The topological polar surface area (TPSA) is 32.3 Å². The van der Waals surface area contributed by atoms with Crippen molar-refractivity contribution in [2.75, 3.05) is 18.5 Å². The summed E-state index contributed by atoms with van der Waals surface area (Å²) < 4.78 is 13.9. The van der Waals surface area contributed by atoms with Crippen molar-refractivity contribution in [2.45, 2.75) is 32.7 Å². The van der Waals surface area contributed by atoms with Gasteiger partial charge in [0.05, 0.1) is 0 Å². The molecule has 0 saturated heterocycles. The molecule has 0 fully saturated rings. The number of nitrogens with one attached hydrogen (secondary N) is 1. The average Bonchev–Trinajstić information content (AvgIpc) is 2.76. The minimum absolute atomic E-state index is 0.0847. The van der Waals surface area contributed by atoms with Crippen molar-refractivity contribution < 1.29 is 9.18 Å². The van der Waals surface area contributed by atoms with E-state index in [-0.39, 0.29) is 11.7 Å². The van der Waals surface area contributed by atoms with E-state index in [4.69, 9.17) is 0 Å². The Hall–Kier alpha value is -3.14. The predicted octanol–water partition coefficient (Wildman–Crippen LogP) is 5.37. The van der Waals surface area contributed by atoms with Crippen LogP contribution in [0.15, 0.2) is 72.8 Å². The van der Waals surface area contributed by atoms with Crippen LogP contribution in [0.2, 0.25) is 0 Å². The van der Waals surface area contributed by atoms with Crippen LogP contribution in [0.3, 0.4) is 0 Å². The Bertz CT molecular complexity index is 970. The summed E-state index contributed by atoms with van der Waals surface area (Å²) in [5, 5.41) is 2.80. The highest BCUT2D eigenvalue weighted by Gasteiger charge is 2.27. The van der Waals surface area contributed by atoms with E-state index in [1.807, 2.05) is 36.4 Å². The lowest BCUT2D eigenvalue weighted by Gasteiger charge is -2.33. The Balaban J connectivity index is 1.91. The summed E-state index contributed by atoms with van der Waals surface area (Å²) >= 11 is 0. The fourth-order valence-electron chi connectivity index (χ4n) is 3.67. The summed E-state index contributed by atoms with van der Waals surface area (Å²) in [4.78, 5) is 15.0. The molecular weight excluding hydrogens is 375 g/mol. The van der Waals surface area contributed by atoms with Gasteiger partial charge in [-0.1, -0.05) is 60.2 Å². The largest absolute Gasteiger partial charge is 0.357 e. The van der Waals surface area contributed by atoms with E-state index in [9.17, 15) is 9.18 Å². The number of rotatable bonds is 8. The number of benzene rings is 3. The second-order valence-corrected chi connectivity index (χ2v) is 7.64. The van der Waals surface area contributed by atoms with E-state index in [2.05, 4.69) is 41.4 Å². The number of aryl methyl sites for hydroxylation is 3. The van der Waals surface area contributed by atoms with Crippen LogP contribution >= 0.6 is 0 Å². The molecule has 0 spiro atoms. The third-order valence-electron chi connectivity index (χ3n) is 5.38. The molecule has 4 heteroatoms. The van der Waals surface area contributed by atoms with Gasteiger partial charge in [-0.25, -0.2) is 4.39 Å². The molecule has 3 nitrogen and oxygen atoms in total. The maximum absolute atomic E-state index is 13.9. The minimum atomic E-state index is -0.487. The standard InChI is InChI=1S/C26H29FN2O/c1-19-11-13-21(14-12-19)8-7-17-29(23-15-16-24(27)20(2)18-23)25(26(30)28-3)22-9-5-4-6-10-22/h4-6,9-16,18,25H,7-8,17H2,1-3H3,(H,28,30). The first kappa shape index (κ1) is 21.6. The van der Waals surface area contributed by atoms with E-state index in [0.29, 0.717) is 12.1 Å². The molecule has 0 bridgehead atoms. The van der Waals surface area contributed by atoms with E-state index in [0.717, 1.165) is 24.1 Å². The Morgan fingerprint density at radius 1 is 1.00 bits per heavy atom. The Morgan fingerprint density at radius 2 is 1.70 bits per heavy atom. The molecule has 0 radical (unpaired) electrons. The number of hydrogen-bond donors (Lipinski definition) is 1. The number of carbonyl (C=O) groups excluding carboxylic acids is 1. The van der Waals surface area contributed by atoms with Crippen LogP contribution < -0.4 is 10.2 Å². The quantitative estimate of drug-likeness (QED) is 0.547. The first-order chi connectivity index (χ1) is 14.5. The molecule has 3 aromatic carbocycles. The predicted molar refractivity (Wildman–Crippen MR) is 121 cm³/mol. The third-order valence-corrected chi connectivity index (χ3v) is 5.38. The molecule has 156 valence electrons. The van der Waals surface area contributed by atoms with Gasteiger partial charge in [0.15, 0.2) is 0 Å². The van der Waals surface area contributed by atoms with Crippen molar-refractivity contribution in [3.05, 3.63) is 101 Å². The van der Waals surface area contributed by atoms with Crippen molar-refractivity contribution in [1.82, 2.24) is 5.32 Å². The van der Waals surface area contributed by atoms with Crippen LogP contribution in [0.4, 0.5) is 10.1 Å². The summed E-state index contributed by atoms with van der Waals surface area (Å²) in [5.41, 5.74) is 4.84. The van der Waals surface area contributed by atoms with Gasteiger partial charge < -0.3 is 10.2 Å². The van der Waals surface area contributed by atoms with Crippen LogP contribution in [0, 0.1) is 19.7 Å². The van der Waals surface area contributed by atoms with E-state index in [1.54, 1.807) is 20.0 Å². The molecule has 0 aliphatic heterocycles. The maximum Gasteiger partial charge on any atom is 0.247 e. The molecule has 0 heterocycles. The second-order valence-electron chi connectivity index (χ2n) is 7.64. The van der Waals surface area contributed by atoms with Crippen LogP contribution in [-0.4, -0.2) is 19.5 Å². The fraction of sp³-hybridized carbons (Fsp3) is 0.269. The number of anilines is 1. The molecule has 0 aromatic heterocycles. The van der Waals surface area contributed by atoms with E-state index >= 15 is 0 Å². The second kappa shape index (κ2) is 10.1. The molecule has 1 N–H and O–H groups in total. The van der Waals surface area contributed by atoms with Crippen LogP contribution in [0.1, 0.15) is 34.7 Å². The SMILES string of the molecule is CNC(=O)C(c1ccccc1)N(CCCc1ccc(C)cc1)c1ccc(F)c(C)c1. The van der Waals surface area contributed by atoms with Crippen molar-refractivity contribution in [3.63, 3.8) is 0 Å². The molecule has 3 rings (SSSR count). The van der Waals surface area contributed by atoms with Crippen LogP contribution in [-0.2, 0) is 11.2 Å². The number of nitrogens with zero attached hydrogens (tertiary/aromatic N) is 1. The van der Waals surface area contributed by atoms with Gasteiger partial charge in [0.2, 0.25) is 5.91 Å². The van der Waals surface area contributed by atoms with Gasteiger partial charge in [0, 0.05) is 19.3 Å².